The van der Waals surface area contributed by atoms with Gasteiger partial charge < -0.3 is 43.8 Å². The third-order valence-corrected chi connectivity index (χ3v) is 15.5. The SMILES string of the molecule is Cc1cc(C(=O)Nc2cc(C3CC3)cc(C(NCC3CC3)c3ccccc3)c2)n(-c2cccc(CN)c2)n1.NCCNCCN.[C-]#[N+]c1cccc(-n2nc(C)cc2C(=O)Nc2cc(C3CC3)cc(C(NCC3CC3)c3ccccc3)c2)c1. The fourth-order valence-corrected chi connectivity index (χ4v) is 10.4. The van der Waals surface area contributed by atoms with Gasteiger partial charge in [0, 0.05) is 44.1 Å². The van der Waals surface area contributed by atoms with Crippen molar-refractivity contribution in [2.45, 2.75) is 95.7 Å². The van der Waals surface area contributed by atoms with Crippen LogP contribution in [0.15, 0.2) is 158 Å². The average Bonchev–Trinajstić information content (AvgIpc) is 4.48. The summed E-state index contributed by atoms with van der Waals surface area (Å²) >= 11 is 0. The minimum absolute atomic E-state index is 0.0651. The van der Waals surface area contributed by atoms with E-state index in [4.69, 9.17) is 23.8 Å². The van der Waals surface area contributed by atoms with Crippen LogP contribution in [-0.4, -0.2) is 70.6 Å². The van der Waals surface area contributed by atoms with Gasteiger partial charge in [-0.05, 0) is 202 Å². The molecule has 4 fully saturated rings. The van der Waals surface area contributed by atoms with Gasteiger partial charge in [0.05, 0.1) is 41.4 Å². The first-order chi connectivity index (χ1) is 40.6. The lowest BCUT2D eigenvalue weighted by atomic mass is 9.95. The third-order valence-electron chi connectivity index (χ3n) is 15.5. The molecule has 2 amide bonds. The molecule has 15 nitrogen and oxygen atoms in total. The molecule has 12 rings (SSSR count). The van der Waals surface area contributed by atoms with Crippen molar-refractivity contribution in [3.63, 3.8) is 0 Å². The maximum Gasteiger partial charge on any atom is 0.274 e. The first-order valence-electron chi connectivity index (χ1n) is 29.6. The predicted octanol–water partition coefficient (Wildman–Crippen LogP) is 11.3. The highest BCUT2D eigenvalue weighted by Gasteiger charge is 2.30. The van der Waals surface area contributed by atoms with Crippen LogP contribution in [-0.2, 0) is 6.54 Å². The number of carbonyl (C=O) groups excluding carboxylic acids is 2. The van der Waals surface area contributed by atoms with Gasteiger partial charge in [-0.15, -0.1) is 0 Å². The van der Waals surface area contributed by atoms with Crippen molar-refractivity contribution in [2.75, 3.05) is 49.9 Å². The zero-order valence-corrected chi connectivity index (χ0v) is 47.9. The number of rotatable bonds is 23. The molecule has 2 heterocycles. The normalized spacial score (nSPS) is 15.2. The van der Waals surface area contributed by atoms with Gasteiger partial charge in [0.15, 0.2) is 5.69 Å². The van der Waals surface area contributed by atoms with Crippen molar-refractivity contribution < 1.29 is 9.59 Å². The molecule has 0 radical (unpaired) electrons. The molecule has 4 aliphatic rings. The Morgan fingerprint density at radius 1 is 0.542 bits per heavy atom. The van der Waals surface area contributed by atoms with Crippen LogP contribution >= 0.6 is 0 Å². The van der Waals surface area contributed by atoms with Crippen LogP contribution in [0.2, 0.25) is 0 Å². The lowest BCUT2D eigenvalue weighted by molar-refractivity contribution is 0.101. The number of amides is 2. The second-order valence-electron chi connectivity index (χ2n) is 22.6. The molecule has 15 heteroatoms. The Balaban J connectivity index is 0.000000166. The summed E-state index contributed by atoms with van der Waals surface area (Å²) in [7, 11) is 0. The molecule has 428 valence electrons. The van der Waals surface area contributed by atoms with Gasteiger partial charge >= 0.3 is 0 Å². The number of aryl methyl sites for hydroxylation is 2. The molecular weight excluding hydrogens is 1030 g/mol. The lowest BCUT2D eigenvalue weighted by Gasteiger charge is -2.22. The summed E-state index contributed by atoms with van der Waals surface area (Å²) in [6, 6.07) is 53.1. The fraction of sp³-hybridized carbons (Fsp3) is 0.338. The second-order valence-corrected chi connectivity index (χ2v) is 22.6. The van der Waals surface area contributed by atoms with E-state index in [-0.39, 0.29) is 23.9 Å². The molecule has 2 unspecified atom stereocenters. The van der Waals surface area contributed by atoms with Crippen molar-refractivity contribution in [3.8, 4) is 11.4 Å². The zero-order valence-electron chi connectivity index (χ0n) is 47.9. The summed E-state index contributed by atoms with van der Waals surface area (Å²) in [5.74, 6) is 2.25. The van der Waals surface area contributed by atoms with Gasteiger partial charge in [-0.1, -0.05) is 97.1 Å². The van der Waals surface area contributed by atoms with E-state index < -0.39 is 0 Å². The Hall–Kier alpha value is -8.07. The largest absolute Gasteiger partial charge is 0.329 e. The maximum absolute atomic E-state index is 13.6. The van der Waals surface area contributed by atoms with Crippen molar-refractivity contribution in [1.82, 2.24) is 35.5 Å². The zero-order chi connectivity index (χ0) is 57.7. The van der Waals surface area contributed by atoms with Gasteiger partial charge in [-0.2, -0.15) is 10.2 Å². The summed E-state index contributed by atoms with van der Waals surface area (Å²) in [6.45, 7) is 16.7. The van der Waals surface area contributed by atoms with E-state index in [1.807, 2.05) is 62.4 Å². The van der Waals surface area contributed by atoms with Crippen molar-refractivity contribution >= 4 is 28.9 Å². The first kappa shape index (κ1) is 58.1. The molecule has 4 saturated carbocycles. The van der Waals surface area contributed by atoms with Crippen LogP contribution in [0.4, 0.5) is 17.1 Å². The Morgan fingerprint density at radius 3 is 1.42 bits per heavy atom. The van der Waals surface area contributed by atoms with Gasteiger partial charge in [-0.25, -0.2) is 14.2 Å². The molecule has 0 spiro atoms. The van der Waals surface area contributed by atoms with Gasteiger partial charge in [-0.3, -0.25) is 9.59 Å². The molecule has 8 aromatic rings. The Kier molecular flexibility index (Phi) is 19.5. The second kappa shape index (κ2) is 27.8. The number of aromatic nitrogens is 4. The van der Waals surface area contributed by atoms with Crippen molar-refractivity contribution in [2.24, 2.45) is 29.0 Å². The number of nitrogens with one attached hydrogen (secondary N) is 5. The van der Waals surface area contributed by atoms with Gasteiger partial charge in [0.2, 0.25) is 0 Å². The van der Waals surface area contributed by atoms with E-state index in [1.165, 1.54) is 84.7 Å². The molecule has 0 saturated heterocycles. The summed E-state index contributed by atoms with van der Waals surface area (Å²) in [5, 5.41) is 26.2. The van der Waals surface area contributed by atoms with Gasteiger partial charge in [0.25, 0.3) is 11.8 Å². The van der Waals surface area contributed by atoms with Crippen LogP contribution < -0.4 is 43.8 Å². The van der Waals surface area contributed by atoms with Crippen LogP contribution in [0.5, 0.6) is 0 Å². The Bertz CT molecular complexity index is 3490. The molecule has 2 aromatic heterocycles. The van der Waals surface area contributed by atoms with E-state index in [9.17, 15) is 9.59 Å². The highest BCUT2D eigenvalue weighted by atomic mass is 16.2. The molecule has 11 N–H and O–H groups in total. The van der Waals surface area contributed by atoms with E-state index in [0.717, 1.165) is 72.0 Å². The number of benzene rings is 6. The Labute approximate surface area is 488 Å². The van der Waals surface area contributed by atoms with Crippen LogP contribution in [0.3, 0.4) is 0 Å². The monoisotopic (exact) mass is 1110 g/mol. The van der Waals surface area contributed by atoms with Crippen LogP contribution in [0, 0.1) is 32.3 Å². The Morgan fingerprint density at radius 2 is 1.00 bits per heavy atom. The van der Waals surface area contributed by atoms with Crippen LogP contribution in [0.1, 0.15) is 147 Å². The number of nitrogens with zero attached hydrogens (tertiary/aromatic N) is 5. The lowest BCUT2D eigenvalue weighted by Crippen LogP contribution is -2.27. The molecule has 83 heavy (non-hydrogen) atoms. The van der Waals surface area contributed by atoms with E-state index >= 15 is 0 Å². The number of hydrogen-bond donors (Lipinski definition) is 8. The topological polar surface area (TPSA) is 212 Å². The van der Waals surface area contributed by atoms with Crippen LogP contribution in [0.25, 0.3) is 16.2 Å². The minimum atomic E-state index is -0.222. The quantitative estimate of drug-likeness (QED) is 0.0224. The smallest absolute Gasteiger partial charge is 0.274 e. The minimum Gasteiger partial charge on any atom is -0.329 e. The molecule has 6 aromatic carbocycles. The number of anilines is 2. The summed E-state index contributed by atoms with van der Waals surface area (Å²) < 4.78 is 3.33. The highest BCUT2D eigenvalue weighted by molar-refractivity contribution is 6.04. The summed E-state index contributed by atoms with van der Waals surface area (Å²) in [5.41, 5.74) is 30.7. The number of hydrogen-bond acceptors (Lipinski definition) is 10. The standard InChI is InChI=1S/C32H31N5O.C32H35N5O.C4H13N3/c1-21-15-30(37(36-21)29-10-6-9-27(19-29)33-2)32(38)35-28-17-25(23-13-14-23)16-26(18-28)31(34-20-22-11-12-22)24-7-4-3-5-8-24;1-21-14-30(37(36-21)29-9-5-6-23(15-29)19-33)32(38)35-28-17-26(24-12-13-24)16-27(18-28)31(34-20-22-10-11-22)25-7-3-2-4-8-25;5-1-3-7-4-2-6/h3-10,15-19,22-23,31,34H,11-14,20H2,1H3,(H,35,38);2-9,14-18,22,24,31,34H,10-13,19-20,33H2,1H3,(H,35,38);7H,1-6H2. The summed E-state index contributed by atoms with van der Waals surface area (Å²) in [6.07, 6.45) is 9.97. The molecular formula is C68H79N13O2. The number of nitrogens with two attached hydrogens (primary N) is 3. The maximum atomic E-state index is 13.6. The molecule has 0 aliphatic heterocycles. The molecule has 2 atom stereocenters. The first-order valence-corrected chi connectivity index (χ1v) is 29.6. The van der Waals surface area contributed by atoms with E-state index in [1.54, 1.807) is 27.6 Å². The van der Waals surface area contributed by atoms with Crippen molar-refractivity contribution in [3.05, 3.63) is 231 Å². The average molecular weight is 1110 g/mol. The molecule has 4 aliphatic carbocycles. The fourth-order valence-electron chi connectivity index (χ4n) is 10.4. The van der Waals surface area contributed by atoms with Crippen molar-refractivity contribution in [1.29, 1.82) is 0 Å². The van der Waals surface area contributed by atoms with E-state index in [2.05, 4.69) is 133 Å². The molecule has 0 bridgehead atoms. The third kappa shape index (κ3) is 16.1. The van der Waals surface area contributed by atoms with E-state index in [0.29, 0.717) is 54.2 Å². The predicted molar refractivity (Wildman–Crippen MR) is 332 cm³/mol. The highest BCUT2D eigenvalue weighted by Crippen LogP contribution is 2.44. The van der Waals surface area contributed by atoms with Gasteiger partial charge in [0.1, 0.15) is 11.4 Å². The number of carbonyl (C=O) groups is 2. The summed E-state index contributed by atoms with van der Waals surface area (Å²) in [4.78, 5) is 30.8.